The zero-order chi connectivity index (χ0) is 12.8. The van der Waals surface area contributed by atoms with Gasteiger partial charge in [-0.3, -0.25) is 0 Å². The molecule has 1 aliphatic rings. The maximum Gasteiger partial charge on any atom is 0.118 e. The summed E-state index contributed by atoms with van der Waals surface area (Å²) in [5, 5.41) is 3.67. The van der Waals surface area contributed by atoms with Crippen molar-refractivity contribution in [3.63, 3.8) is 0 Å². The molecule has 1 aromatic rings. The molecule has 1 atom stereocenters. The summed E-state index contributed by atoms with van der Waals surface area (Å²) in [5.74, 6) is 1.82. The summed E-state index contributed by atoms with van der Waals surface area (Å²) in [6.45, 7) is 3.40. The Morgan fingerprint density at radius 1 is 1.17 bits per heavy atom. The molecule has 0 aromatic heterocycles. The van der Waals surface area contributed by atoms with Gasteiger partial charge in [0.05, 0.1) is 7.11 Å². The van der Waals surface area contributed by atoms with Gasteiger partial charge in [0.1, 0.15) is 5.75 Å². The molecule has 0 aliphatic heterocycles. The van der Waals surface area contributed by atoms with E-state index in [2.05, 4.69) is 24.4 Å². The van der Waals surface area contributed by atoms with Gasteiger partial charge in [0, 0.05) is 6.04 Å². The van der Waals surface area contributed by atoms with Gasteiger partial charge in [-0.25, -0.2) is 0 Å². The highest BCUT2D eigenvalue weighted by Gasteiger charge is 2.14. The highest BCUT2D eigenvalue weighted by atomic mass is 16.5. The molecular formula is C16H25NO. The fraction of sp³-hybridized carbons (Fsp3) is 0.625. The Labute approximate surface area is 111 Å². The fourth-order valence-electron chi connectivity index (χ4n) is 2.75. The Balaban J connectivity index is 1.80. The molecule has 2 nitrogen and oxygen atoms in total. The second-order valence-corrected chi connectivity index (χ2v) is 5.41. The van der Waals surface area contributed by atoms with Gasteiger partial charge in [0.25, 0.3) is 0 Å². The van der Waals surface area contributed by atoms with Gasteiger partial charge in [0.2, 0.25) is 0 Å². The van der Waals surface area contributed by atoms with E-state index in [0.717, 1.165) is 18.2 Å². The van der Waals surface area contributed by atoms with Gasteiger partial charge in [-0.05, 0) is 49.9 Å². The van der Waals surface area contributed by atoms with Crippen molar-refractivity contribution in [1.29, 1.82) is 0 Å². The van der Waals surface area contributed by atoms with E-state index in [0.29, 0.717) is 6.04 Å². The molecule has 2 heteroatoms. The number of methoxy groups -OCH3 is 1. The van der Waals surface area contributed by atoms with Crippen molar-refractivity contribution in [2.24, 2.45) is 5.92 Å². The Kier molecular flexibility index (Phi) is 5.06. The largest absolute Gasteiger partial charge is 0.497 e. The zero-order valence-electron chi connectivity index (χ0n) is 11.6. The monoisotopic (exact) mass is 247 g/mol. The molecule has 0 spiro atoms. The van der Waals surface area contributed by atoms with Crippen LogP contribution >= 0.6 is 0 Å². The van der Waals surface area contributed by atoms with Crippen molar-refractivity contribution in [1.82, 2.24) is 5.32 Å². The quantitative estimate of drug-likeness (QED) is 0.851. The lowest BCUT2D eigenvalue weighted by atomic mass is 9.89. The third-order valence-electron chi connectivity index (χ3n) is 4.05. The number of hydrogen-bond donors (Lipinski definition) is 1. The van der Waals surface area contributed by atoms with E-state index in [4.69, 9.17) is 4.74 Å². The second-order valence-electron chi connectivity index (χ2n) is 5.41. The van der Waals surface area contributed by atoms with Crippen molar-refractivity contribution < 1.29 is 4.74 Å². The summed E-state index contributed by atoms with van der Waals surface area (Å²) < 4.78 is 5.18. The standard InChI is InChI=1S/C16H25NO/c1-13(15-8-10-16(18-2)11-9-15)17-12-14-6-4-3-5-7-14/h8-11,13-14,17H,3-7,12H2,1-2H3. The fourth-order valence-corrected chi connectivity index (χ4v) is 2.75. The predicted octanol–water partition coefficient (Wildman–Crippen LogP) is 3.93. The van der Waals surface area contributed by atoms with E-state index in [-0.39, 0.29) is 0 Å². The molecule has 1 N–H and O–H groups in total. The summed E-state index contributed by atoms with van der Waals surface area (Å²) in [7, 11) is 1.71. The van der Waals surface area contributed by atoms with Crippen molar-refractivity contribution in [3.8, 4) is 5.75 Å². The molecule has 0 radical (unpaired) electrons. The van der Waals surface area contributed by atoms with Gasteiger partial charge in [0.15, 0.2) is 0 Å². The average Bonchev–Trinajstić information content (AvgIpc) is 2.46. The molecule has 1 unspecified atom stereocenters. The smallest absolute Gasteiger partial charge is 0.118 e. The summed E-state index contributed by atoms with van der Waals surface area (Å²) in [6, 6.07) is 8.80. The molecule has 0 saturated heterocycles. The van der Waals surface area contributed by atoms with Crippen LogP contribution in [0.1, 0.15) is 50.6 Å². The maximum absolute atomic E-state index is 5.18. The molecule has 0 heterocycles. The van der Waals surface area contributed by atoms with E-state index in [1.54, 1.807) is 7.11 Å². The first-order valence-electron chi connectivity index (χ1n) is 7.17. The van der Waals surface area contributed by atoms with Crippen LogP contribution in [-0.4, -0.2) is 13.7 Å². The lowest BCUT2D eigenvalue weighted by molar-refractivity contribution is 0.331. The Morgan fingerprint density at radius 3 is 2.44 bits per heavy atom. The normalized spacial score (nSPS) is 18.6. The minimum atomic E-state index is 0.429. The molecule has 0 amide bonds. The van der Waals surface area contributed by atoms with E-state index >= 15 is 0 Å². The average molecular weight is 247 g/mol. The van der Waals surface area contributed by atoms with Gasteiger partial charge < -0.3 is 10.1 Å². The summed E-state index contributed by atoms with van der Waals surface area (Å²) >= 11 is 0. The SMILES string of the molecule is COc1ccc(C(C)NCC2CCCCC2)cc1. The van der Waals surface area contributed by atoms with Crippen molar-refractivity contribution >= 4 is 0 Å². The third kappa shape index (κ3) is 3.74. The van der Waals surface area contributed by atoms with Crippen LogP contribution < -0.4 is 10.1 Å². The first-order valence-corrected chi connectivity index (χ1v) is 7.17. The lowest BCUT2D eigenvalue weighted by Gasteiger charge is -2.24. The maximum atomic E-state index is 5.18. The number of hydrogen-bond acceptors (Lipinski definition) is 2. The van der Waals surface area contributed by atoms with Crippen LogP contribution in [0.25, 0.3) is 0 Å². The van der Waals surface area contributed by atoms with Gasteiger partial charge in [-0.2, -0.15) is 0 Å². The Bertz CT molecular complexity index is 341. The Hall–Kier alpha value is -1.02. The van der Waals surface area contributed by atoms with Crippen LogP contribution in [0.3, 0.4) is 0 Å². The molecule has 1 saturated carbocycles. The minimum Gasteiger partial charge on any atom is -0.497 e. The molecule has 1 aromatic carbocycles. The summed E-state index contributed by atoms with van der Waals surface area (Å²) in [6.07, 6.45) is 7.09. The molecule has 1 fully saturated rings. The molecular weight excluding hydrogens is 222 g/mol. The molecule has 0 bridgehead atoms. The predicted molar refractivity (Wildman–Crippen MR) is 76.0 cm³/mol. The van der Waals surface area contributed by atoms with Crippen LogP contribution in [0, 0.1) is 5.92 Å². The molecule has 1 aliphatic carbocycles. The van der Waals surface area contributed by atoms with E-state index in [9.17, 15) is 0 Å². The van der Waals surface area contributed by atoms with Crippen molar-refractivity contribution in [2.45, 2.75) is 45.1 Å². The van der Waals surface area contributed by atoms with Gasteiger partial charge >= 0.3 is 0 Å². The first kappa shape index (κ1) is 13.4. The Morgan fingerprint density at radius 2 is 1.83 bits per heavy atom. The van der Waals surface area contributed by atoms with Crippen LogP contribution in [0.2, 0.25) is 0 Å². The van der Waals surface area contributed by atoms with Crippen LogP contribution in [0.15, 0.2) is 24.3 Å². The number of benzene rings is 1. The highest BCUT2D eigenvalue weighted by molar-refractivity contribution is 5.28. The summed E-state index contributed by atoms with van der Waals surface area (Å²) in [4.78, 5) is 0. The number of nitrogens with one attached hydrogen (secondary N) is 1. The van der Waals surface area contributed by atoms with E-state index in [1.165, 1.54) is 37.7 Å². The van der Waals surface area contributed by atoms with Crippen LogP contribution in [0.5, 0.6) is 5.75 Å². The van der Waals surface area contributed by atoms with E-state index < -0.39 is 0 Å². The molecule has 100 valence electrons. The van der Waals surface area contributed by atoms with E-state index in [1.807, 2.05) is 12.1 Å². The molecule has 2 rings (SSSR count). The lowest BCUT2D eigenvalue weighted by Crippen LogP contribution is -2.27. The topological polar surface area (TPSA) is 21.3 Å². The number of ether oxygens (including phenoxy) is 1. The first-order chi connectivity index (χ1) is 8.79. The summed E-state index contributed by atoms with van der Waals surface area (Å²) in [5.41, 5.74) is 1.34. The van der Waals surface area contributed by atoms with Gasteiger partial charge in [-0.1, -0.05) is 31.4 Å². The minimum absolute atomic E-state index is 0.429. The van der Waals surface area contributed by atoms with Gasteiger partial charge in [-0.15, -0.1) is 0 Å². The zero-order valence-corrected chi connectivity index (χ0v) is 11.6. The van der Waals surface area contributed by atoms with Crippen LogP contribution in [0.4, 0.5) is 0 Å². The molecule has 18 heavy (non-hydrogen) atoms. The van der Waals surface area contributed by atoms with Crippen LogP contribution in [-0.2, 0) is 0 Å². The third-order valence-corrected chi connectivity index (χ3v) is 4.05. The van der Waals surface area contributed by atoms with Crippen molar-refractivity contribution in [2.75, 3.05) is 13.7 Å². The number of rotatable bonds is 5. The highest BCUT2D eigenvalue weighted by Crippen LogP contribution is 2.24. The second kappa shape index (κ2) is 6.79. The van der Waals surface area contributed by atoms with Crippen molar-refractivity contribution in [3.05, 3.63) is 29.8 Å².